The molecule has 0 radical (unpaired) electrons. The van der Waals surface area contributed by atoms with Gasteiger partial charge >= 0.3 is 0 Å². The molecule has 1 N–H and O–H groups in total. The number of nitrogens with zero attached hydrogens (tertiary/aromatic N) is 2. The first-order chi connectivity index (χ1) is 7.75. The van der Waals surface area contributed by atoms with Crippen LogP contribution >= 0.6 is 0 Å². The molecule has 3 unspecified atom stereocenters. The average molecular weight is 221 g/mol. The summed E-state index contributed by atoms with van der Waals surface area (Å²) >= 11 is 0. The van der Waals surface area contributed by atoms with Crippen molar-refractivity contribution in [1.29, 1.82) is 0 Å². The molecule has 2 heterocycles. The number of rotatable bonds is 2. The number of nitrogens with one attached hydrogen (secondary N) is 1. The van der Waals surface area contributed by atoms with Crippen LogP contribution in [-0.4, -0.2) is 16.7 Å². The van der Waals surface area contributed by atoms with E-state index < -0.39 is 0 Å². The van der Waals surface area contributed by atoms with Gasteiger partial charge in [0.1, 0.15) is 0 Å². The molecule has 1 saturated heterocycles. The molecule has 1 aliphatic heterocycles. The van der Waals surface area contributed by atoms with Crippen LogP contribution in [0.15, 0.2) is 4.52 Å². The van der Waals surface area contributed by atoms with Gasteiger partial charge in [-0.1, -0.05) is 25.4 Å². The summed E-state index contributed by atoms with van der Waals surface area (Å²) in [4.78, 5) is 4.51. The molecule has 0 aromatic carbocycles. The number of fused-ring (bicyclic) bond motifs is 1. The molecular weight excluding hydrogens is 202 g/mol. The Morgan fingerprint density at radius 2 is 2.25 bits per heavy atom. The zero-order valence-corrected chi connectivity index (χ0v) is 9.94. The van der Waals surface area contributed by atoms with Crippen LogP contribution in [0, 0.1) is 11.8 Å². The van der Waals surface area contributed by atoms with Gasteiger partial charge in [-0.3, -0.25) is 0 Å². The lowest BCUT2D eigenvalue weighted by Gasteiger charge is -2.13. The van der Waals surface area contributed by atoms with Gasteiger partial charge in [0.2, 0.25) is 5.89 Å². The molecule has 0 spiro atoms. The van der Waals surface area contributed by atoms with Gasteiger partial charge in [-0.05, 0) is 31.2 Å². The first kappa shape index (κ1) is 10.3. The fourth-order valence-corrected chi connectivity index (χ4v) is 3.07. The molecule has 1 aliphatic carbocycles. The van der Waals surface area contributed by atoms with E-state index in [2.05, 4.69) is 29.3 Å². The molecular formula is C12H19N3O. The van der Waals surface area contributed by atoms with Crippen LogP contribution in [0.3, 0.4) is 0 Å². The van der Waals surface area contributed by atoms with Crippen LogP contribution < -0.4 is 5.32 Å². The molecule has 0 bridgehead atoms. The van der Waals surface area contributed by atoms with Crippen LogP contribution in [0.4, 0.5) is 0 Å². The highest BCUT2D eigenvalue weighted by molar-refractivity contribution is 5.04. The van der Waals surface area contributed by atoms with E-state index in [1.54, 1.807) is 0 Å². The van der Waals surface area contributed by atoms with Crippen molar-refractivity contribution in [3.8, 4) is 0 Å². The normalized spacial score (nSPS) is 33.6. The van der Waals surface area contributed by atoms with E-state index in [0.717, 1.165) is 30.1 Å². The van der Waals surface area contributed by atoms with Gasteiger partial charge in [0.15, 0.2) is 5.82 Å². The van der Waals surface area contributed by atoms with Crippen molar-refractivity contribution >= 4 is 0 Å². The average Bonchev–Trinajstić information content (AvgIpc) is 2.92. The summed E-state index contributed by atoms with van der Waals surface area (Å²) in [5.41, 5.74) is 0. The third-order valence-electron chi connectivity index (χ3n) is 3.99. The van der Waals surface area contributed by atoms with Crippen molar-refractivity contribution in [3.05, 3.63) is 11.7 Å². The molecule has 1 aromatic rings. The van der Waals surface area contributed by atoms with Gasteiger partial charge < -0.3 is 9.84 Å². The summed E-state index contributed by atoms with van der Waals surface area (Å²) in [6, 6.07) is 0.312. The van der Waals surface area contributed by atoms with Crippen molar-refractivity contribution in [2.24, 2.45) is 11.8 Å². The van der Waals surface area contributed by atoms with E-state index in [1.807, 2.05) is 0 Å². The second kappa shape index (κ2) is 3.84. The van der Waals surface area contributed by atoms with Crippen LogP contribution in [0.2, 0.25) is 0 Å². The maximum atomic E-state index is 5.39. The summed E-state index contributed by atoms with van der Waals surface area (Å²) in [5.74, 6) is 3.54. The Morgan fingerprint density at radius 1 is 1.38 bits per heavy atom. The van der Waals surface area contributed by atoms with Crippen LogP contribution in [0.25, 0.3) is 0 Å². The highest BCUT2D eigenvalue weighted by Gasteiger charge is 2.42. The van der Waals surface area contributed by atoms with Crippen molar-refractivity contribution in [3.63, 3.8) is 0 Å². The summed E-state index contributed by atoms with van der Waals surface area (Å²) in [6.45, 7) is 5.30. The Morgan fingerprint density at radius 3 is 3.00 bits per heavy atom. The quantitative estimate of drug-likeness (QED) is 0.832. The van der Waals surface area contributed by atoms with Gasteiger partial charge in [0.05, 0.1) is 6.04 Å². The fraction of sp³-hybridized carbons (Fsp3) is 0.833. The van der Waals surface area contributed by atoms with Gasteiger partial charge in [0, 0.05) is 5.92 Å². The monoisotopic (exact) mass is 221 g/mol. The second-order valence-corrected chi connectivity index (χ2v) is 5.39. The second-order valence-electron chi connectivity index (χ2n) is 5.39. The minimum atomic E-state index is 0.312. The molecule has 2 aliphatic rings. The van der Waals surface area contributed by atoms with Gasteiger partial charge in [0.25, 0.3) is 0 Å². The van der Waals surface area contributed by atoms with Crippen molar-refractivity contribution in [2.75, 3.05) is 6.54 Å². The lowest BCUT2D eigenvalue weighted by molar-refractivity contribution is 0.300. The number of hydrogen-bond acceptors (Lipinski definition) is 4. The molecule has 1 aromatic heterocycles. The standard InChI is InChI=1S/C12H19N3O/c1-7(2)11-14-12(16-15-11)10-9-5-3-4-8(9)6-13-10/h7-10,13H,3-6H2,1-2H3. The lowest BCUT2D eigenvalue weighted by atomic mass is 9.94. The molecule has 3 atom stereocenters. The van der Waals surface area contributed by atoms with Crippen LogP contribution in [0.1, 0.15) is 56.8 Å². The Hall–Kier alpha value is -0.900. The number of aromatic nitrogens is 2. The van der Waals surface area contributed by atoms with E-state index in [1.165, 1.54) is 19.3 Å². The predicted octanol–water partition coefficient (Wildman–Crippen LogP) is 2.25. The third kappa shape index (κ3) is 1.56. The summed E-state index contributed by atoms with van der Waals surface area (Å²) < 4.78 is 5.39. The minimum Gasteiger partial charge on any atom is -0.338 e. The minimum absolute atomic E-state index is 0.312. The van der Waals surface area contributed by atoms with Crippen LogP contribution in [0.5, 0.6) is 0 Å². The third-order valence-corrected chi connectivity index (χ3v) is 3.99. The Kier molecular flexibility index (Phi) is 2.46. The number of hydrogen-bond donors (Lipinski definition) is 1. The predicted molar refractivity (Wildman–Crippen MR) is 60.0 cm³/mol. The maximum absolute atomic E-state index is 5.39. The Bertz CT molecular complexity index is 374. The summed E-state index contributed by atoms with van der Waals surface area (Å²) in [5, 5.41) is 7.58. The highest BCUT2D eigenvalue weighted by Crippen LogP contribution is 2.43. The fourth-order valence-electron chi connectivity index (χ4n) is 3.07. The maximum Gasteiger partial charge on any atom is 0.244 e. The first-order valence-electron chi connectivity index (χ1n) is 6.32. The van der Waals surface area contributed by atoms with E-state index in [4.69, 9.17) is 4.52 Å². The van der Waals surface area contributed by atoms with Gasteiger partial charge in [-0.25, -0.2) is 0 Å². The smallest absolute Gasteiger partial charge is 0.244 e. The van der Waals surface area contributed by atoms with Crippen molar-refractivity contribution in [2.45, 2.75) is 45.1 Å². The van der Waals surface area contributed by atoms with E-state index in [-0.39, 0.29) is 0 Å². The molecule has 2 fully saturated rings. The van der Waals surface area contributed by atoms with Gasteiger partial charge in [-0.2, -0.15) is 4.98 Å². The zero-order valence-electron chi connectivity index (χ0n) is 9.94. The summed E-state index contributed by atoms with van der Waals surface area (Å²) in [6.07, 6.45) is 4.03. The summed E-state index contributed by atoms with van der Waals surface area (Å²) in [7, 11) is 0. The van der Waals surface area contributed by atoms with Crippen molar-refractivity contribution in [1.82, 2.24) is 15.5 Å². The zero-order chi connectivity index (χ0) is 11.1. The molecule has 1 saturated carbocycles. The topological polar surface area (TPSA) is 51.0 Å². The Balaban J connectivity index is 1.81. The largest absolute Gasteiger partial charge is 0.338 e. The first-order valence-corrected chi connectivity index (χ1v) is 6.32. The van der Waals surface area contributed by atoms with E-state index in [9.17, 15) is 0 Å². The van der Waals surface area contributed by atoms with Crippen LogP contribution in [-0.2, 0) is 0 Å². The SMILES string of the molecule is CC(C)c1noc(C2NCC3CCCC32)n1. The molecule has 16 heavy (non-hydrogen) atoms. The molecule has 88 valence electrons. The van der Waals surface area contributed by atoms with Crippen molar-refractivity contribution < 1.29 is 4.52 Å². The lowest BCUT2D eigenvalue weighted by Crippen LogP contribution is -2.18. The van der Waals surface area contributed by atoms with E-state index >= 15 is 0 Å². The highest BCUT2D eigenvalue weighted by atomic mass is 16.5. The molecule has 4 nitrogen and oxygen atoms in total. The molecule has 0 amide bonds. The Labute approximate surface area is 95.8 Å². The van der Waals surface area contributed by atoms with Gasteiger partial charge in [-0.15, -0.1) is 0 Å². The van der Waals surface area contributed by atoms with E-state index in [0.29, 0.717) is 12.0 Å². The molecule has 4 heteroatoms. The molecule has 3 rings (SSSR count).